The van der Waals surface area contributed by atoms with Crippen LogP contribution in [0.4, 0.5) is 0 Å². The third-order valence-corrected chi connectivity index (χ3v) is 4.07. The Bertz CT molecular complexity index is 324. The van der Waals surface area contributed by atoms with Crippen molar-refractivity contribution in [1.82, 2.24) is 14.7 Å². The molecule has 0 aromatic carbocycles. The molecular formula is C14H25N5. The molecule has 1 fully saturated rings. The van der Waals surface area contributed by atoms with Gasteiger partial charge in [-0.2, -0.15) is 10.5 Å². The van der Waals surface area contributed by atoms with E-state index in [2.05, 4.69) is 54.7 Å². The minimum atomic E-state index is 0.186. The highest BCUT2D eigenvalue weighted by Gasteiger charge is 2.41. The van der Waals surface area contributed by atoms with Gasteiger partial charge in [0.1, 0.15) is 0 Å². The summed E-state index contributed by atoms with van der Waals surface area (Å²) >= 11 is 0. The van der Waals surface area contributed by atoms with Crippen LogP contribution in [0.5, 0.6) is 0 Å². The Kier molecular flexibility index (Phi) is 6.24. The number of hydrogen-bond donors (Lipinski definition) is 0. The molecule has 2 unspecified atom stereocenters. The minimum Gasteiger partial charge on any atom is -0.275 e. The highest BCUT2D eigenvalue weighted by atomic mass is 15.6. The SMILES string of the molecule is CCC1N(C)C(CC)N(CC#N)C(CC)N1CC#N. The predicted molar refractivity (Wildman–Crippen MR) is 74.6 cm³/mol. The lowest BCUT2D eigenvalue weighted by atomic mass is 10.1. The Hall–Kier alpha value is -1.14. The number of hydrogen-bond acceptors (Lipinski definition) is 5. The molecule has 1 aliphatic heterocycles. The van der Waals surface area contributed by atoms with Gasteiger partial charge in [0, 0.05) is 0 Å². The minimum absolute atomic E-state index is 0.186. The van der Waals surface area contributed by atoms with Crippen molar-refractivity contribution in [3.63, 3.8) is 0 Å². The lowest BCUT2D eigenvalue weighted by molar-refractivity contribution is -0.157. The first-order valence-electron chi connectivity index (χ1n) is 7.13. The first-order chi connectivity index (χ1) is 9.15. The van der Waals surface area contributed by atoms with E-state index in [1.54, 1.807) is 0 Å². The van der Waals surface area contributed by atoms with Crippen LogP contribution in [0.15, 0.2) is 0 Å². The molecule has 2 atom stereocenters. The fourth-order valence-electron chi connectivity index (χ4n) is 3.35. The molecule has 0 aromatic rings. The van der Waals surface area contributed by atoms with Crippen LogP contribution < -0.4 is 0 Å². The van der Waals surface area contributed by atoms with Gasteiger partial charge >= 0.3 is 0 Å². The Labute approximate surface area is 117 Å². The van der Waals surface area contributed by atoms with Crippen LogP contribution >= 0.6 is 0 Å². The van der Waals surface area contributed by atoms with E-state index in [0.29, 0.717) is 13.1 Å². The fraction of sp³-hybridized carbons (Fsp3) is 0.857. The van der Waals surface area contributed by atoms with E-state index in [4.69, 9.17) is 10.5 Å². The molecule has 0 saturated carbocycles. The normalized spacial score (nSPS) is 29.9. The van der Waals surface area contributed by atoms with Gasteiger partial charge in [-0.3, -0.25) is 14.7 Å². The van der Waals surface area contributed by atoms with Crippen molar-refractivity contribution in [1.29, 1.82) is 10.5 Å². The van der Waals surface area contributed by atoms with Gasteiger partial charge in [0.15, 0.2) is 0 Å². The Balaban J connectivity index is 3.10. The summed E-state index contributed by atoms with van der Waals surface area (Å²) < 4.78 is 0. The third kappa shape index (κ3) is 3.06. The van der Waals surface area contributed by atoms with E-state index in [1.807, 2.05) is 0 Å². The van der Waals surface area contributed by atoms with Crippen molar-refractivity contribution in [2.45, 2.75) is 58.5 Å². The van der Waals surface area contributed by atoms with E-state index < -0.39 is 0 Å². The molecule has 1 saturated heterocycles. The van der Waals surface area contributed by atoms with Gasteiger partial charge in [-0.05, 0) is 26.3 Å². The van der Waals surface area contributed by atoms with Gasteiger partial charge in [0.25, 0.3) is 0 Å². The second-order valence-electron chi connectivity index (χ2n) is 4.99. The molecule has 0 aliphatic carbocycles. The van der Waals surface area contributed by atoms with Crippen LogP contribution in [0.3, 0.4) is 0 Å². The molecule has 0 radical (unpaired) electrons. The summed E-state index contributed by atoms with van der Waals surface area (Å²) in [5.74, 6) is 0. The van der Waals surface area contributed by atoms with E-state index in [0.717, 1.165) is 19.3 Å². The van der Waals surface area contributed by atoms with Crippen molar-refractivity contribution in [3.8, 4) is 12.1 Å². The summed E-state index contributed by atoms with van der Waals surface area (Å²) in [6.07, 6.45) is 3.67. The molecule has 19 heavy (non-hydrogen) atoms. The average molecular weight is 263 g/mol. The maximum atomic E-state index is 9.08. The van der Waals surface area contributed by atoms with E-state index in [-0.39, 0.29) is 18.5 Å². The summed E-state index contributed by atoms with van der Waals surface area (Å²) in [5, 5.41) is 18.2. The maximum absolute atomic E-state index is 9.08. The second-order valence-corrected chi connectivity index (χ2v) is 4.99. The molecule has 0 N–H and O–H groups in total. The quantitative estimate of drug-likeness (QED) is 0.708. The summed E-state index contributed by atoms with van der Waals surface area (Å²) in [5.41, 5.74) is 0. The lowest BCUT2D eigenvalue weighted by Crippen LogP contribution is -2.69. The summed E-state index contributed by atoms with van der Waals surface area (Å²) in [6, 6.07) is 4.54. The van der Waals surface area contributed by atoms with Gasteiger partial charge in [0.05, 0.1) is 43.7 Å². The van der Waals surface area contributed by atoms with E-state index in [1.165, 1.54) is 0 Å². The van der Waals surface area contributed by atoms with Crippen LogP contribution in [-0.2, 0) is 0 Å². The standard InChI is InChI=1S/C14H25N5/c1-5-12-17(4)13(6-2)19(11-9-16)14(7-3)18(12)10-8-15/h12-14H,5-7,10-11H2,1-4H3. The molecule has 1 rings (SSSR count). The third-order valence-electron chi connectivity index (χ3n) is 4.07. The molecule has 1 aliphatic rings. The Morgan fingerprint density at radius 1 is 0.789 bits per heavy atom. The first kappa shape index (κ1) is 15.9. The Morgan fingerprint density at radius 3 is 1.42 bits per heavy atom. The monoisotopic (exact) mass is 263 g/mol. The molecule has 0 amide bonds. The lowest BCUT2D eigenvalue weighted by Gasteiger charge is -2.55. The van der Waals surface area contributed by atoms with Gasteiger partial charge in [-0.15, -0.1) is 0 Å². The summed E-state index contributed by atoms with van der Waals surface area (Å²) in [4.78, 5) is 6.76. The van der Waals surface area contributed by atoms with Crippen LogP contribution in [0.1, 0.15) is 40.0 Å². The van der Waals surface area contributed by atoms with E-state index >= 15 is 0 Å². The number of nitriles is 2. The Morgan fingerprint density at radius 2 is 1.16 bits per heavy atom. The molecule has 0 bridgehead atoms. The number of rotatable bonds is 5. The van der Waals surface area contributed by atoms with Crippen molar-refractivity contribution < 1.29 is 0 Å². The summed E-state index contributed by atoms with van der Waals surface area (Å²) in [6.45, 7) is 7.28. The van der Waals surface area contributed by atoms with Gasteiger partial charge in [-0.25, -0.2) is 0 Å². The van der Waals surface area contributed by atoms with Gasteiger partial charge < -0.3 is 0 Å². The zero-order chi connectivity index (χ0) is 14.4. The van der Waals surface area contributed by atoms with Crippen LogP contribution in [0, 0.1) is 22.7 Å². The second kappa shape index (κ2) is 7.45. The largest absolute Gasteiger partial charge is 0.275 e. The number of nitrogens with zero attached hydrogens (tertiary/aromatic N) is 5. The highest BCUT2D eigenvalue weighted by Crippen LogP contribution is 2.29. The highest BCUT2D eigenvalue weighted by molar-refractivity contribution is 4.95. The molecule has 0 spiro atoms. The smallest absolute Gasteiger partial charge is 0.0891 e. The zero-order valence-corrected chi connectivity index (χ0v) is 12.5. The van der Waals surface area contributed by atoms with Crippen molar-refractivity contribution in [3.05, 3.63) is 0 Å². The van der Waals surface area contributed by atoms with Gasteiger partial charge in [0.2, 0.25) is 0 Å². The molecule has 1 heterocycles. The fourth-order valence-corrected chi connectivity index (χ4v) is 3.35. The topological polar surface area (TPSA) is 57.3 Å². The van der Waals surface area contributed by atoms with Crippen LogP contribution in [0.25, 0.3) is 0 Å². The van der Waals surface area contributed by atoms with Crippen LogP contribution in [0.2, 0.25) is 0 Å². The van der Waals surface area contributed by atoms with E-state index in [9.17, 15) is 0 Å². The first-order valence-corrected chi connectivity index (χ1v) is 7.13. The molecule has 5 nitrogen and oxygen atoms in total. The molecule has 5 heteroatoms. The zero-order valence-electron chi connectivity index (χ0n) is 12.5. The molecular weight excluding hydrogens is 238 g/mol. The molecule has 0 aromatic heterocycles. The average Bonchev–Trinajstić information content (AvgIpc) is 2.40. The van der Waals surface area contributed by atoms with Crippen molar-refractivity contribution >= 4 is 0 Å². The van der Waals surface area contributed by atoms with Gasteiger partial charge in [-0.1, -0.05) is 20.8 Å². The summed E-state index contributed by atoms with van der Waals surface area (Å²) in [7, 11) is 2.10. The van der Waals surface area contributed by atoms with Crippen molar-refractivity contribution in [2.24, 2.45) is 0 Å². The predicted octanol–water partition coefficient (Wildman–Crippen LogP) is 1.79. The van der Waals surface area contributed by atoms with Crippen molar-refractivity contribution in [2.75, 3.05) is 20.1 Å². The maximum Gasteiger partial charge on any atom is 0.0891 e. The molecule has 106 valence electrons. The van der Waals surface area contributed by atoms with Crippen LogP contribution in [-0.4, -0.2) is 53.3 Å².